The molecule has 4 nitrogen and oxygen atoms in total. The Morgan fingerprint density at radius 2 is 1.53 bits per heavy atom. The van der Waals surface area contributed by atoms with Crippen LogP contribution in [0.5, 0.6) is 5.75 Å². The Morgan fingerprint density at radius 3 is 2.00 bits per heavy atom. The highest BCUT2D eigenvalue weighted by Crippen LogP contribution is 2.56. The molecule has 34 heavy (non-hydrogen) atoms. The van der Waals surface area contributed by atoms with Gasteiger partial charge in [0.05, 0.1) is 4.47 Å². The molecule has 0 saturated carbocycles. The van der Waals surface area contributed by atoms with Crippen molar-refractivity contribution in [1.82, 2.24) is 4.90 Å². The third kappa shape index (κ3) is 4.48. The molecular weight excluding hydrogens is 558 g/mol. The maximum absolute atomic E-state index is 13.8. The van der Waals surface area contributed by atoms with Gasteiger partial charge < -0.3 is 9.64 Å². The number of nitrogens with zero attached hydrogens (tertiary/aromatic N) is 1. The van der Waals surface area contributed by atoms with E-state index in [2.05, 4.69) is 78.0 Å². The molecule has 4 rings (SSSR count). The van der Waals surface area contributed by atoms with E-state index in [0.29, 0.717) is 25.2 Å². The lowest BCUT2D eigenvalue weighted by atomic mass is 9.63. The van der Waals surface area contributed by atoms with Gasteiger partial charge in [0.15, 0.2) is 11.6 Å². The van der Waals surface area contributed by atoms with Crippen molar-refractivity contribution in [1.29, 1.82) is 0 Å². The molecule has 0 saturated heterocycles. The lowest BCUT2D eigenvalue weighted by Gasteiger charge is -2.49. The largest absolute Gasteiger partial charge is 0.488 e. The molecule has 0 fully saturated rings. The summed E-state index contributed by atoms with van der Waals surface area (Å²) in [5.41, 5.74) is 4.27. The van der Waals surface area contributed by atoms with E-state index in [-0.39, 0.29) is 22.4 Å². The summed E-state index contributed by atoms with van der Waals surface area (Å²) in [6, 6.07) is 3.94. The highest BCUT2D eigenvalue weighted by atomic mass is 79.9. The molecule has 0 atom stereocenters. The van der Waals surface area contributed by atoms with Crippen LogP contribution in [0.4, 0.5) is 0 Å². The van der Waals surface area contributed by atoms with Gasteiger partial charge >= 0.3 is 0 Å². The summed E-state index contributed by atoms with van der Waals surface area (Å²) in [6.45, 7) is 15.6. The van der Waals surface area contributed by atoms with E-state index in [0.717, 1.165) is 56.4 Å². The van der Waals surface area contributed by atoms with Crippen LogP contribution in [0.1, 0.15) is 71.8 Å². The number of Topliss-reactive ketones (excluding diaryl/α,β-unsaturated/α-hetero) is 2. The molecule has 0 N–H and O–H groups in total. The molecule has 0 amide bonds. The first-order valence-corrected chi connectivity index (χ1v) is 13.5. The van der Waals surface area contributed by atoms with Crippen molar-refractivity contribution >= 4 is 43.4 Å². The van der Waals surface area contributed by atoms with Crippen molar-refractivity contribution in [3.05, 3.63) is 61.8 Å². The number of halogens is 2. The number of benzene rings is 1. The van der Waals surface area contributed by atoms with Gasteiger partial charge in [-0.3, -0.25) is 9.59 Å². The van der Waals surface area contributed by atoms with Gasteiger partial charge in [0.25, 0.3) is 0 Å². The molecular formula is C28H33Br2NO3. The van der Waals surface area contributed by atoms with E-state index in [4.69, 9.17) is 4.74 Å². The van der Waals surface area contributed by atoms with Crippen molar-refractivity contribution in [3.8, 4) is 5.75 Å². The Bertz CT molecular complexity index is 1090. The third-order valence-corrected chi connectivity index (χ3v) is 8.08. The van der Waals surface area contributed by atoms with Crippen molar-refractivity contribution in [2.24, 2.45) is 10.8 Å². The van der Waals surface area contributed by atoms with E-state index >= 15 is 0 Å². The van der Waals surface area contributed by atoms with Gasteiger partial charge in [0.2, 0.25) is 0 Å². The lowest BCUT2D eigenvalue weighted by molar-refractivity contribution is -0.119. The van der Waals surface area contributed by atoms with Gasteiger partial charge in [0, 0.05) is 57.9 Å². The lowest BCUT2D eigenvalue weighted by Crippen LogP contribution is -2.44. The van der Waals surface area contributed by atoms with Crippen LogP contribution in [0.15, 0.2) is 56.3 Å². The Morgan fingerprint density at radius 1 is 1.00 bits per heavy atom. The van der Waals surface area contributed by atoms with Gasteiger partial charge in [0.1, 0.15) is 12.4 Å². The number of hydrogen-bond donors (Lipinski definition) is 0. The normalized spacial score (nSPS) is 22.0. The van der Waals surface area contributed by atoms with E-state index in [1.54, 1.807) is 6.08 Å². The molecule has 0 bridgehead atoms. The van der Waals surface area contributed by atoms with Crippen LogP contribution in [-0.2, 0) is 9.59 Å². The molecule has 0 spiro atoms. The zero-order chi connectivity index (χ0) is 25.0. The van der Waals surface area contributed by atoms with Crippen LogP contribution >= 0.6 is 31.9 Å². The highest BCUT2D eigenvalue weighted by Gasteiger charge is 2.49. The summed E-state index contributed by atoms with van der Waals surface area (Å²) in [7, 11) is 0. The summed E-state index contributed by atoms with van der Waals surface area (Å²) >= 11 is 7.29. The maximum Gasteiger partial charge on any atom is 0.162 e. The van der Waals surface area contributed by atoms with Crippen LogP contribution in [0.3, 0.4) is 0 Å². The summed E-state index contributed by atoms with van der Waals surface area (Å²) in [5, 5.41) is 0. The average Bonchev–Trinajstić information content (AvgIpc) is 2.69. The fourth-order valence-electron chi connectivity index (χ4n) is 5.83. The Kier molecular flexibility index (Phi) is 6.80. The van der Waals surface area contributed by atoms with E-state index < -0.39 is 5.92 Å². The summed E-state index contributed by atoms with van der Waals surface area (Å²) in [4.78, 5) is 29.9. The van der Waals surface area contributed by atoms with Gasteiger partial charge in [-0.2, -0.15) is 0 Å². The number of allylic oxidation sites excluding steroid dienone is 4. The van der Waals surface area contributed by atoms with Crippen LogP contribution in [0.2, 0.25) is 0 Å². The Labute approximate surface area is 219 Å². The van der Waals surface area contributed by atoms with E-state index in [1.165, 1.54) is 0 Å². The molecule has 182 valence electrons. The quantitative estimate of drug-likeness (QED) is 0.333. The molecule has 1 heterocycles. The predicted octanol–water partition coefficient (Wildman–Crippen LogP) is 7.48. The van der Waals surface area contributed by atoms with Crippen molar-refractivity contribution in [2.45, 2.75) is 66.2 Å². The van der Waals surface area contributed by atoms with Crippen molar-refractivity contribution in [3.63, 3.8) is 0 Å². The number of ketones is 2. The predicted molar refractivity (Wildman–Crippen MR) is 143 cm³/mol. The molecule has 0 aromatic heterocycles. The first-order chi connectivity index (χ1) is 15.9. The van der Waals surface area contributed by atoms with Gasteiger partial charge in [-0.1, -0.05) is 56.3 Å². The molecule has 1 aromatic rings. The number of hydrogen-bond acceptors (Lipinski definition) is 4. The summed E-state index contributed by atoms with van der Waals surface area (Å²) < 4.78 is 7.78. The number of carbonyl (C=O) groups excluding carboxylic acids is 2. The fourth-order valence-corrected chi connectivity index (χ4v) is 7.20. The SMILES string of the molecule is C=CCOc1c(Br)cc(Br)cc1C1C2=C(CC(C)(C)CC2=O)N(CC)C2=C1C(=O)CC(C)(C)C2. The first-order valence-electron chi connectivity index (χ1n) is 11.9. The maximum atomic E-state index is 13.8. The topological polar surface area (TPSA) is 46.6 Å². The van der Waals surface area contributed by atoms with Gasteiger partial charge in [-0.15, -0.1) is 0 Å². The van der Waals surface area contributed by atoms with Crippen LogP contribution in [0.25, 0.3) is 0 Å². The van der Waals surface area contributed by atoms with Crippen LogP contribution < -0.4 is 4.74 Å². The zero-order valence-corrected chi connectivity index (χ0v) is 23.9. The molecule has 3 aliphatic rings. The smallest absolute Gasteiger partial charge is 0.162 e. The second-order valence-corrected chi connectivity index (χ2v) is 13.0. The second kappa shape index (κ2) is 9.09. The van der Waals surface area contributed by atoms with Gasteiger partial charge in [-0.05, 0) is 58.7 Å². The van der Waals surface area contributed by atoms with Crippen LogP contribution in [-0.4, -0.2) is 29.6 Å². The standard InChI is InChI=1S/C28H33Br2NO3/c1-7-9-34-26-17(10-16(29)11-18(26)30)23-24-19(12-27(3,4)14-21(24)32)31(8-2)20-13-28(5,6)15-22(33)25(20)23/h7,10-11,23H,1,8-9,12-15H2,2-6H3. The Balaban J connectivity index is 2.05. The zero-order valence-electron chi connectivity index (χ0n) is 20.7. The first kappa shape index (κ1) is 25.4. The summed E-state index contributed by atoms with van der Waals surface area (Å²) in [6.07, 6.45) is 4.26. The molecule has 1 aromatic carbocycles. The molecule has 6 heteroatoms. The van der Waals surface area contributed by atoms with Crippen LogP contribution in [0, 0.1) is 10.8 Å². The molecule has 1 aliphatic heterocycles. The number of rotatable bonds is 5. The molecule has 0 unspecified atom stereocenters. The summed E-state index contributed by atoms with van der Waals surface area (Å²) in [5.74, 6) is 0.481. The minimum absolute atomic E-state index is 0.125. The monoisotopic (exact) mass is 589 g/mol. The Hall–Kier alpha value is -1.66. The minimum Gasteiger partial charge on any atom is -0.488 e. The average molecular weight is 591 g/mol. The van der Waals surface area contributed by atoms with Crippen molar-refractivity contribution < 1.29 is 14.3 Å². The second-order valence-electron chi connectivity index (χ2n) is 11.2. The fraction of sp³-hybridized carbons (Fsp3) is 0.500. The van der Waals surface area contributed by atoms with Crippen molar-refractivity contribution in [2.75, 3.05) is 13.2 Å². The number of carbonyl (C=O) groups is 2. The number of ether oxygens (including phenoxy) is 1. The molecule has 0 radical (unpaired) electrons. The molecule has 2 aliphatic carbocycles. The highest BCUT2D eigenvalue weighted by molar-refractivity contribution is 9.11. The minimum atomic E-state index is -0.436. The van der Waals surface area contributed by atoms with E-state index in [1.807, 2.05) is 12.1 Å². The third-order valence-electron chi connectivity index (χ3n) is 7.03. The van der Waals surface area contributed by atoms with E-state index in [9.17, 15) is 9.59 Å². The van der Waals surface area contributed by atoms with Gasteiger partial charge in [-0.25, -0.2) is 0 Å².